The van der Waals surface area contributed by atoms with Gasteiger partial charge in [-0.3, -0.25) is 0 Å². The Hall–Kier alpha value is -2.67. The number of ether oxygens (including phenoxy) is 1. The number of halogens is 1. The number of urea groups is 1. The highest BCUT2D eigenvalue weighted by Gasteiger charge is 2.12. The van der Waals surface area contributed by atoms with E-state index in [1.54, 1.807) is 24.4 Å². The van der Waals surface area contributed by atoms with Gasteiger partial charge in [-0.2, -0.15) is 0 Å². The second-order valence-corrected chi connectivity index (χ2v) is 5.06. The first kappa shape index (κ1) is 15.2. The lowest BCUT2D eigenvalue weighted by Gasteiger charge is -2.27. The van der Waals surface area contributed by atoms with Crippen molar-refractivity contribution in [1.82, 2.24) is 4.98 Å². The number of amides is 2. The largest absolute Gasteiger partial charge is 0.378 e. The van der Waals surface area contributed by atoms with Crippen molar-refractivity contribution >= 4 is 23.2 Å². The number of hydrogen-bond acceptors (Lipinski definition) is 4. The maximum absolute atomic E-state index is 13.5. The summed E-state index contributed by atoms with van der Waals surface area (Å²) >= 11 is 0. The molecule has 1 aliphatic heterocycles. The van der Waals surface area contributed by atoms with Crippen molar-refractivity contribution in [1.29, 1.82) is 0 Å². The Balaban J connectivity index is 1.59. The molecule has 0 atom stereocenters. The van der Waals surface area contributed by atoms with E-state index >= 15 is 0 Å². The molecule has 2 N–H and O–H groups in total. The van der Waals surface area contributed by atoms with Crippen molar-refractivity contribution in [2.45, 2.75) is 0 Å². The van der Waals surface area contributed by atoms with Gasteiger partial charge < -0.3 is 20.3 Å². The number of nitrogens with zero attached hydrogens (tertiary/aromatic N) is 2. The Morgan fingerprint density at radius 3 is 2.61 bits per heavy atom. The summed E-state index contributed by atoms with van der Waals surface area (Å²) in [4.78, 5) is 18.3. The minimum Gasteiger partial charge on any atom is -0.378 e. The van der Waals surface area contributed by atoms with Crippen molar-refractivity contribution < 1.29 is 13.9 Å². The maximum atomic E-state index is 13.5. The van der Waals surface area contributed by atoms with Crippen LogP contribution in [0.4, 0.5) is 26.4 Å². The molecule has 0 saturated carbocycles. The number of aromatic nitrogens is 1. The number of hydrogen-bond donors (Lipinski definition) is 2. The lowest BCUT2D eigenvalue weighted by Crippen LogP contribution is -2.36. The molecule has 1 aromatic carbocycles. The molecular formula is C16H17FN4O2. The zero-order valence-electron chi connectivity index (χ0n) is 12.5. The van der Waals surface area contributed by atoms with Gasteiger partial charge in [-0.1, -0.05) is 12.1 Å². The lowest BCUT2D eigenvalue weighted by atomic mass is 10.3. The van der Waals surface area contributed by atoms with E-state index in [0.29, 0.717) is 18.9 Å². The molecule has 3 rings (SSSR count). The van der Waals surface area contributed by atoms with Gasteiger partial charge in [0.1, 0.15) is 11.6 Å². The second kappa shape index (κ2) is 7.06. The molecule has 1 fully saturated rings. The van der Waals surface area contributed by atoms with Crippen LogP contribution in [0, 0.1) is 5.82 Å². The SMILES string of the molecule is O=C(Nc1ccc(N2CCOCC2)nc1)Nc1ccccc1F. The Bertz CT molecular complexity index is 672. The summed E-state index contributed by atoms with van der Waals surface area (Å²) in [5.74, 6) is 0.358. The van der Waals surface area contributed by atoms with Gasteiger partial charge in [-0.25, -0.2) is 14.2 Å². The zero-order chi connectivity index (χ0) is 16.1. The molecule has 7 heteroatoms. The summed E-state index contributed by atoms with van der Waals surface area (Å²) in [5.41, 5.74) is 0.666. The highest BCUT2D eigenvalue weighted by Crippen LogP contribution is 2.16. The Kier molecular flexibility index (Phi) is 4.68. The Labute approximate surface area is 133 Å². The minimum absolute atomic E-state index is 0.128. The van der Waals surface area contributed by atoms with E-state index in [1.807, 2.05) is 6.07 Å². The summed E-state index contributed by atoms with van der Waals surface area (Å²) < 4.78 is 18.8. The molecule has 1 aliphatic rings. The van der Waals surface area contributed by atoms with Crippen molar-refractivity contribution in [3.05, 3.63) is 48.4 Å². The molecule has 120 valence electrons. The first-order chi connectivity index (χ1) is 11.2. The molecule has 2 heterocycles. The van der Waals surface area contributed by atoms with Gasteiger partial charge in [0.15, 0.2) is 0 Å². The van der Waals surface area contributed by atoms with Crippen LogP contribution in [0.15, 0.2) is 42.6 Å². The van der Waals surface area contributed by atoms with Crippen LogP contribution in [0.25, 0.3) is 0 Å². The fraction of sp³-hybridized carbons (Fsp3) is 0.250. The third-order valence-corrected chi connectivity index (χ3v) is 3.46. The van der Waals surface area contributed by atoms with Gasteiger partial charge >= 0.3 is 6.03 Å². The van der Waals surface area contributed by atoms with E-state index in [-0.39, 0.29) is 5.69 Å². The van der Waals surface area contributed by atoms with E-state index in [9.17, 15) is 9.18 Å². The standard InChI is InChI=1S/C16H17FN4O2/c17-13-3-1-2-4-14(13)20-16(22)19-12-5-6-15(18-11-12)21-7-9-23-10-8-21/h1-6,11H,7-10H2,(H2,19,20,22). The van der Waals surface area contributed by atoms with Gasteiger partial charge in [0.05, 0.1) is 30.8 Å². The van der Waals surface area contributed by atoms with Gasteiger partial charge in [0.2, 0.25) is 0 Å². The summed E-state index contributed by atoms with van der Waals surface area (Å²) in [7, 11) is 0. The monoisotopic (exact) mass is 316 g/mol. The normalized spacial score (nSPS) is 14.4. The number of morpholine rings is 1. The number of para-hydroxylation sites is 1. The smallest absolute Gasteiger partial charge is 0.323 e. The minimum atomic E-state index is -0.518. The molecule has 1 saturated heterocycles. The average Bonchev–Trinajstić information content (AvgIpc) is 2.58. The molecule has 0 aliphatic carbocycles. The predicted octanol–water partition coefficient (Wildman–Crippen LogP) is 2.70. The summed E-state index contributed by atoms with van der Waals surface area (Å²) in [6.45, 7) is 2.97. The van der Waals surface area contributed by atoms with Crippen LogP contribution < -0.4 is 15.5 Å². The van der Waals surface area contributed by atoms with E-state index < -0.39 is 11.8 Å². The maximum Gasteiger partial charge on any atom is 0.323 e. The third-order valence-electron chi connectivity index (χ3n) is 3.46. The number of nitrogens with one attached hydrogen (secondary N) is 2. The molecule has 23 heavy (non-hydrogen) atoms. The van der Waals surface area contributed by atoms with Gasteiger partial charge in [0, 0.05) is 13.1 Å². The summed E-state index contributed by atoms with van der Waals surface area (Å²) in [5, 5.41) is 5.08. The lowest BCUT2D eigenvalue weighted by molar-refractivity contribution is 0.122. The first-order valence-electron chi connectivity index (χ1n) is 7.34. The highest BCUT2D eigenvalue weighted by molar-refractivity contribution is 5.99. The number of anilines is 3. The third kappa shape index (κ3) is 3.95. The zero-order valence-corrected chi connectivity index (χ0v) is 12.5. The molecule has 0 unspecified atom stereocenters. The van der Waals surface area contributed by atoms with Crippen LogP contribution in [0.5, 0.6) is 0 Å². The van der Waals surface area contributed by atoms with Gasteiger partial charge in [-0.05, 0) is 24.3 Å². The number of rotatable bonds is 3. The number of pyridine rings is 1. The van der Waals surface area contributed by atoms with Crippen LogP contribution >= 0.6 is 0 Å². The number of carbonyl (C=O) groups is 1. The quantitative estimate of drug-likeness (QED) is 0.914. The molecule has 2 aromatic rings. The molecule has 1 aromatic heterocycles. The van der Waals surface area contributed by atoms with Gasteiger partial charge in [-0.15, -0.1) is 0 Å². The van der Waals surface area contributed by atoms with Crippen molar-refractivity contribution in [2.75, 3.05) is 41.8 Å². The molecule has 6 nitrogen and oxygen atoms in total. The van der Waals surface area contributed by atoms with Gasteiger partial charge in [0.25, 0.3) is 0 Å². The van der Waals surface area contributed by atoms with E-state index in [2.05, 4.69) is 20.5 Å². The molecule has 0 spiro atoms. The fourth-order valence-electron chi connectivity index (χ4n) is 2.29. The van der Waals surface area contributed by atoms with Crippen LogP contribution in [0.1, 0.15) is 0 Å². The molecule has 2 amide bonds. The van der Waals surface area contributed by atoms with Crippen molar-refractivity contribution in [2.24, 2.45) is 0 Å². The first-order valence-corrected chi connectivity index (χ1v) is 7.34. The van der Waals surface area contributed by atoms with E-state index in [4.69, 9.17) is 4.74 Å². The highest BCUT2D eigenvalue weighted by atomic mass is 19.1. The number of carbonyl (C=O) groups excluding carboxylic acids is 1. The molecule has 0 radical (unpaired) electrons. The van der Waals surface area contributed by atoms with Crippen LogP contribution in [0.3, 0.4) is 0 Å². The van der Waals surface area contributed by atoms with Crippen molar-refractivity contribution in [3.8, 4) is 0 Å². The molecular weight excluding hydrogens is 299 g/mol. The van der Waals surface area contributed by atoms with Crippen molar-refractivity contribution in [3.63, 3.8) is 0 Å². The van der Waals surface area contributed by atoms with Crippen LogP contribution in [-0.4, -0.2) is 37.3 Å². The average molecular weight is 316 g/mol. The number of benzene rings is 1. The predicted molar refractivity (Wildman–Crippen MR) is 86.3 cm³/mol. The van der Waals surface area contributed by atoms with E-state index in [0.717, 1.165) is 18.9 Å². The topological polar surface area (TPSA) is 66.5 Å². The summed E-state index contributed by atoms with van der Waals surface area (Å²) in [6.07, 6.45) is 1.58. The van der Waals surface area contributed by atoms with E-state index in [1.165, 1.54) is 12.1 Å². The molecule has 0 bridgehead atoms. The van der Waals surface area contributed by atoms with Crippen LogP contribution in [0.2, 0.25) is 0 Å². The fourth-order valence-corrected chi connectivity index (χ4v) is 2.29. The second-order valence-electron chi connectivity index (χ2n) is 5.06. The Morgan fingerprint density at radius 2 is 1.91 bits per heavy atom. The summed E-state index contributed by atoms with van der Waals surface area (Å²) in [6, 6.07) is 9.08. The Morgan fingerprint density at radius 1 is 1.13 bits per heavy atom. The van der Waals surface area contributed by atoms with Crippen LogP contribution in [-0.2, 0) is 4.74 Å².